The Morgan fingerprint density at radius 2 is 1.90 bits per heavy atom. The van der Waals surface area contributed by atoms with Crippen molar-refractivity contribution in [2.75, 3.05) is 5.32 Å². The molecule has 2 amide bonds. The van der Waals surface area contributed by atoms with Crippen molar-refractivity contribution in [2.24, 2.45) is 5.92 Å². The number of urea groups is 1. The van der Waals surface area contributed by atoms with E-state index in [1.807, 2.05) is 24.3 Å². The molecule has 0 radical (unpaired) electrons. The van der Waals surface area contributed by atoms with E-state index in [1.165, 1.54) is 12.8 Å². The number of carbonyl (C=O) groups excluding carboxylic acids is 1. The standard InChI is InChI=1S/C16H16N2O2/c19-15-6-2-3-12-13(15)4-1-5-14(12)18-16(20)17-10-9-11-7-8-11/h1-6,9-11,19H,7-8H2,(H2,17,18,20)/b10-9+. The minimum Gasteiger partial charge on any atom is -0.507 e. The van der Waals surface area contributed by atoms with Gasteiger partial charge in [0.2, 0.25) is 0 Å². The number of phenolic OH excluding ortho intramolecular Hbond substituents is 1. The topological polar surface area (TPSA) is 61.4 Å². The van der Waals surface area contributed by atoms with Crippen molar-refractivity contribution < 1.29 is 9.90 Å². The number of anilines is 1. The van der Waals surface area contributed by atoms with Gasteiger partial charge in [-0.05, 0) is 30.9 Å². The predicted octanol–water partition coefficient (Wildman–Crippen LogP) is 3.59. The summed E-state index contributed by atoms with van der Waals surface area (Å²) in [5.74, 6) is 0.838. The van der Waals surface area contributed by atoms with Crippen LogP contribution in [0.15, 0.2) is 48.7 Å². The third-order valence-electron chi connectivity index (χ3n) is 3.35. The summed E-state index contributed by atoms with van der Waals surface area (Å²) in [5.41, 5.74) is 0.677. The average Bonchev–Trinajstić information content (AvgIpc) is 3.24. The second-order valence-electron chi connectivity index (χ2n) is 4.97. The monoisotopic (exact) mass is 268 g/mol. The zero-order valence-corrected chi connectivity index (χ0v) is 11.0. The van der Waals surface area contributed by atoms with Crippen LogP contribution in [-0.4, -0.2) is 11.1 Å². The Hall–Kier alpha value is -2.49. The van der Waals surface area contributed by atoms with E-state index in [0.29, 0.717) is 11.6 Å². The molecule has 4 nitrogen and oxygen atoms in total. The molecule has 0 saturated heterocycles. The number of nitrogens with one attached hydrogen (secondary N) is 2. The molecule has 1 saturated carbocycles. The summed E-state index contributed by atoms with van der Waals surface area (Å²) in [6, 6.07) is 10.4. The first-order valence-corrected chi connectivity index (χ1v) is 6.69. The summed E-state index contributed by atoms with van der Waals surface area (Å²) >= 11 is 0. The largest absolute Gasteiger partial charge is 0.507 e. The van der Waals surface area contributed by atoms with Crippen LogP contribution in [0.4, 0.5) is 10.5 Å². The molecular formula is C16H16N2O2. The lowest BCUT2D eigenvalue weighted by Crippen LogP contribution is -2.23. The highest BCUT2D eigenvalue weighted by atomic mass is 16.3. The van der Waals surface area contributed by atoms with E-state index in [-0.39, 0.29) is 11.8 Å². The van der Waals surface area contributed by atoms with E-state index >= 15 is 0 Å². The van der Waals surface area contributed by atoms with E-state index < -0.39 is 0 Å². The van der Waals surface area contributed by atoms with Crippen LogP contribution < -0.4 is 10.6 Å². The highest BCUT2D eigenvalue weighted by molar-refractivity contribution is 6.03. The molecule has 0 unspecified atom stereocenters. The number of hydrogen-bond acceptors (Lipinski definition) is 2. The van der Waals surface area contributed by atoms with E-state index in [4.69, 9.17) is 0 Å². The van der Waals surface area contributed by atoms with Gasteiger partial charge in [0.1, 0.15) is 5.75 Å². The van der Waals surface area contributed by atoms with Crippen LogP contribution >= 0.6 is 0 Å². The smallest absolute Gasteiger partial charge is 0.323 e. The minimum absolute atomic E-state index is 0.209. The van der Waals surface area contributed by atoms with Crippen molar-refractivity contribution in [3.63, 3.8) is 0 Å². The number of aromatic hydroxyl groups is 1. The maximum atomic E-state index is 11.8. The molecule has 1 fully saturated rings. The highest BCUT2D eigenvalue weighted by Gasteiger charge is 2.17. The quantitative estimate of drug-likeness (QED) is 0.796. The van der Waals surface area contributed by atoms with Crippen molar-refractivity contribution in [1.82, 2.24) is 5.32 Å². The number of carbonyl (C=O) groups is 1. The van der Waals surface area contributed by atoms with Gasteiger partial charge in [0.25, 0.3) is 0 Å². The van der Waals surface area contributed by atoms with Crippen LogP contribution in [0.3, 0.4) is 0 Å². The predicted molar refractivity (Wildman–Crippen MR) is 79.6 cm³/mol. The van der Waals surface area contributed by atoms with E-state index in [1.54, 1.807) is 24.4 Å². The number of fused-ring (bicyclic) bond motifs is 1. The van der Waals surface area contributed by atoms with Crippen LogP contribution in [0.25, 0.3) is 10.8 Å². The Morgan fingerprint density at radius 1 is 1.15 bits per heavy atom. The molecule has 0 atom stereocenters. The van der Waals surface area contributed by atoms with Gasteiger partial charge in [-0.15, -0.1) is 0 Å². The second kappa shape index (κ2) is 5.25. The lowest BCUT2D eigenvalue weighted by atomic mass is 10.1. The van der Waals surface area contributed by atoms with Gasteiger partial charge in [0, 0.05) is 17.0 Å². The van der Waals surface area contributed by atoms with Crippen molar-refractivity contribution in [1.29, 1.82) is 0 Å². The molecule has 3 rings (SSSR count). The Bertz CT molecular complexity index is 675. The van der Waals surface area contributed by atoms with Gasteiger partial charge in [-0.2, -0.15) is 0 Å². The van der Waals surface area contributed by atoms with Crippen molar-refractivity contribution in [2.45, 2.75) is 12.8 Å². The first-order chi connectivity index (χ1) is 9.74. The third kappa shape index (κ3) is 2.74. The Balaban J connectivity index is 1.76. The maximum Gasteiger partial charge on any atom is 0.323 e. The number of allylic oxidation sites excluding steroid dienone is 1. The van der Waals surface area contributed by atoms with Gasteiger partial charge in [-0.1, -0.05) is 30.3 Å². The summed E-state index contributed by atoms with van der Waals surface area (Å²) in [6.45, 7) is 0. The fraction of sp³-hybridized carbons (Fsp3) is 0.188. The first kappa shape index (κ1) is 12.5. The Labute approximate surface area is 117 Å². The molecule has 1 aliphatic rings. The second-order valence-corrected chi connectivity index (χ2v) is 4.97. The normalized spacial score (nSPS) is 14.6. The van der Waals surface area contributed by atoms with Crippen LogP contribution in [0.5, 0.6) is 5.75 Å². The van der Waals surface area contributed by atoms with E-state index in [2.05, 4.69) is 10.6 Å². The van der Waals surface area contributed by atoms with Gasteiger partial charge >= 0.3 is 6.03 Å². The summed E-state index contributed by atoms with van der Waals surface area (Å²) in [4.78, 5) is 11.8. The fourth-order valence-corrected chi connectivity index (χ4v) is 2.11. The van der Waals surface area contributed by atoms with Gasteiger partial charge in [-0.25, -0.2) is 4.79 Å². The summed E-state index contributed by atoms with van der Waals surface area (Å²) < 4.78 is 0. The number of phenols is 1. The highest BCUT2D eigenvalue weighted by Crippen LogP contribution is 2.30. The van der Waals surface area contributed by atoms with E-state index in [9.17, 15) is 9.90 Å². The molecule has 3 N–H and O–H groups in total. The molecule has 2 aromatic carbocycles. The zero-order chi connectivity index (χ0) is 13.9. The molecule has 0 heterocycles. The number of rotatable bonds is 3. The van der Waals surface area contributed by atoms with E-state index in [0.717, 1.165) is 10.8 Å². The van der Waals surface area contributed by atoms with Gasteiger partial charge in [-0.3, -0.25) is 0 Å². The first-order valence-electron chi connectivity index (χ1n) is 6.69. The van der Waals surface area contributed by atoms with Gasteiger partial charge in [0.15, 0.2) is 0 Å². The minimum atomic E-state index is -0.280. The van der Waals surface area contributed by atoms with Gasteiger partial charge < -0.3 is 15.7 Å². The van der Waals surface area contributed by atoms with Gasteiger partial charge in [0.05, 0.1) is 5.69 Å². The number of hydrogen-bond donors (Lipinski definition) is 3. The van der Waals surface area contributed by atoms with Crippen molar-refractivity contribution in [3.05, 3.63) is 48.7 Å². The van der Waals surface area contributed by atoms with Crippen molar-refractivity contribution in [3.8, 4) is 5.75 Å². The molecule has 20 heavy (non-hydrogen) atoms. The number of benzene rings is 2. The SMILES string of the molecule is O=C(N/C=C/C1CC1)Nc1cccc2c(O)cccc12. The molecule has 0 spiro atoms. The lowest BCUT2D eigenvalue weighted by Gasteiger charge is -2.09. The van der Waals surface area contributed by atoms with Crippen molar-refractivity contribution >= 4 is 22.5 Å². The lowest BCUT2D eigenvalue weighted by molar-refractivity contribution is 0.255. The molecule has 2 aromatic rings. The Kier molecular flexibility index (Phi) is 3.29. The summed E-state index contributed by atoms with van der Waals surface area (Å²) in [5, 5.41) is 16.8. The van der Waals surface area contributed by atoms with Crippen LogP contribution in [0.1, 0.15) is 12.8 Å². The molecule has 1 aliphatic carbocycles. The Morgan fingerprint density at radius 3 is 2.70 bits per heavy atom. The summed E-state index contributed by atoms with van der Waals surface area (Å²) in [7, 11) is 0. The molecule has 0 aromatic heterocycles. The molecule has 0 bridgehead atoms. The zero-order valence-electron chi connectivity index (χ0n) is 11.0. The molecule has 4 heteroatoms. The van der Waals surface area contributed by atoms with Crippen LogP contribution in [0, 0.1) is 5.92 Å². The summed E-state index contributed by atoms with van der Waals surface area (Å²) in [6.07, 6.45) is 6.12. The third-order valence-corrected chi connectivity index (χ3v) is 3.35. The average molecular weight is 268 g/mol. The van der Waals surface area contributed by atoms with Crippen LogP contribution in [0.2, 0.25) is 0 Å². The number of amides is 2. The fourth-order valence-electron chi connectivity index (χ4n) is 2.11. The molecule has 102 valence electrons. The molecule has 0 aliphatic heterocycles. The molecular weight excluding hydrogens is 252 g/mol. The maximum absolute atomic E-state index is 11.8. The van der Waals surface area contributed by atoms with Crippen LogP contribution in [-0.2, 0) is 0 Å².